The van der Waals surface area contributed by atoms with Gasteiger partial charge in [-0.05, 0) is 25.2 Å². The summed E-state index contributed by atoms with van der Waals surface area (Å²) in [6.45, 7) is 12.9. The first-order valence-electron chi connectivity index (χ1n) is 9.28. The van der Waals surface area contributed by atoms with E-state index in [4.69, 9.17) is 4.74 Å². The van der Waals surface area contributed by atoms with Gasteiger partial charge in [-0.3, -0.25) is 0 Å². The molecule has 0 aliphatic carbocycles. The number of carbonyl (C=O) groups excluding carboxylic acids is 2. The van der Waals surface area contributed by atoms with Crippen LogP contribution in [0.4, 0.5) is 9.59 Å². The van der Waals surface area contributed by atoms with Crippen LogP contribution in [0.2, 0.25) is 0 Å². The second-order valence-corrected chi connectivity index (χ2v) is 6.25. The number of carbonyl (C=O) groups is 2. The van der Waals surface area contributed by atoms with Gasteiger partial charge < -0.3 is 26.0 Å². The Bertz CT molecular complexity index is 533. The molecule has 1 fully saturated rings. The van der Waals surface area contributed by atoms with E-state index in [0.717, 1.165) is 19.3 Å². The van der Waals surface area contributed by atoms with Gasteiger partial charge in [0.05, 0.1) is 6.10 Å². The molecular weight excluding hydrogens is 344 g/mol. The quantitative estimate of drug-likeness (QED) is 0.277. The number of hydrogen-bond donors (Lipinski definition) is 4. The third-order valence-electron chi connectivity index (χ3n) is 4.11. The largest absolute Gasteiger partial charge is 0.368 e. The topological polar surface area (TPSA) is 94.8 Å². The zero-order valence-corrected chi connectivity index (χ0v) is 15.9. The third-order valence-corrected chi connectivity index (χ3v) is 4.11. The molecule has 1 heterocycles. The standard InChI is InChI=1S/C20H32N4O3/c1-4-12-21-19(25)23-14-8-7-9-16(6-3)10-11-17-18(27-17)15-24-20(26)22-13-5-2/h4-8,16-18H,1-3,9-15H2,(H2,21,23,25)(H2,22,24,26)/b8-7+. The van der Waals surface area contributed by atoms with Crippen LogP contribution in [0.5, 0.6) is 0 Å². The second-order valence-electron chi connectivity index (χ2n) is 6.25. The van der Waals surface area contributed by atoms with Gasteiger partial charge in [0, 0.05) is 26.2 Å². The van der Waals surface area contributed by atoms with Crippen LogP contribution in [-0.2, 0) is 4.74 Å². The monoisotopic (exact) mass is 376 g/mol. The molecule has 0 spiro atoms. The number of hydrogen-bond acceptors (Lipinski definition) is 3. The van der Waals surface area contributed by atoms with Crippen molar-refractivity contribution in [2.75, 3.05) is 26.2 Å². The van der Waals surface area contributed by atoms with E-state index >= 15 is 0 Å². The number of allylic oxidation sites excluding steroid dienone is 2. The highest BCUT2D eigenvalue weighted by molar-refractivity contribution is 5.74. The minimum atomic E-state index is -0.205. The van der Waals surface area contributed by atoms with E-state index in [9.17, 15) is 9.59 Å². The molecule has 0 bridgehead atoms. The van der Waals surface area contributed by atoms with Gasteiger partial charge in [0.25, 0.3) is 0 Å². The van der Waals surface area contributed by atoms with Crippen molar-refractivity contribution < 1.29 is 14.3 Å². The van der Waals surface area contributed by atoms with Crippen LogP contribution in [0.15, 0.2) is 50.1 Å². The summed E-state index contributed by atoms with van der Waals surface area (Å²) in [6.07, 6.45) is 12.3. The van der Waals surface area contributed by atoms with E-state index in [-0.39, 0.29) is 24.3 Å². The maximum atomic E-state index is 11.4. The lowest BCUT2D eigenvalue weighted by atomic mass is 9.97. The zero-order chi connectivity index (χ0) is 19.9. The van der Waals surface area contributed by atoms with Crippen molar-refractivity contribution in [2.24, 2.45) is 5.92 Å². The van der Waals surface area contributed by atoms with E-state index in [2.05, 4.69) is 47.1 Å². The highest BCUT2D eigenvalue weighted by Gasteiger charge is 2.38. The smallest absolute Gasteiger partial charge is 0.315 e. The number of urea groups is 2. The highest BCUT2D eigenvalue weighted by Crippen LogP contribution is 2.28. The van der Waals surface area contributed by atoms with E-state index in [1.165, 1.54) is 0 Å². The Kier molecular flexibility index (Phi) is 11.4. The van der Waals surface area contributed by atoms with Crippen molar-refractivity contribution >= 4 is 12.1 Å². The van der Waals surface area contributed by atoms with Gasteiger partial charge >= 0.3 is 12.1 Å². The summed E-state index contributed by atoms with van der Waals surface area (Å²) in [6, 6.07) is -0.409. The summed E-state index contributed by atoms with van der Waals surface area (Å²) in [5.41, 5.74) is 0. The van der Waals surface area contributed by atoms with Crippen molar-refractivity contribution in [2.45, 2.75) is 31.5 Å². The van der Waals surface area contributed by atoms with Gasteiger partial charge in [-0.25, -0.2) is 9.59 Å². The average Bonchev–Trinajstić information content (AvgIpc) is 3.43. The molecule has 7 nitrogen and oxygen atoms in total. The summed E-state index contributed by atoms with van der Waals surface area (Å²) in [4.78, 5) is 22.8. The first-order valence-corrected chi connectivity index (χ1v) is 9.28. The normalized spacial score (nSPS) is 19.0. The van der Waals surface area contributed by atoms with E-state index in [1.807, 2.05) is 12.2 Å². The molecule has 1 aliphatic rings. The summed E-state index contributed by atoms with van der Waals surface area (Å²) >= 11 is 0. The predicted octanol–water partition coefficient (Wildman–Crippen LogP) is 2.25. The summed E-state index contributed by atoms with van der Waals surface area (Å²) in [5.74, 6) is 0.365. The van der Waals surface area contributed by atoms with Gasteiger partial charge in [0.15, 0.2) is 0 Å². The molecule has 3 atom stereocenters. The molecular formula is C20H32N4O3. The molecule has 1 saturated heterocycles. The summed E-state index contributed by atoms with van der Waals surface area (Å²) in [7, 11) is 0. The van der Waals surface area contributed by atoms with Crippen molar-refractivity contribution in [3.63, 3.8) is 0 Å². The Morgan fingerprint density at radius 2 is 1.52 bits per heavy atom. The van der Waals surface area contributed by atoms with Gasteiger partial charge in [-0.15, -0.1) is 19.7 Å². The first-order chi connectivity index (χ1) is 13.1. The van der Waals surface area contributed by atoms with Crippen molar-refractivity contribution in [3.05, 3.63) is 50.1 Å². The van der Waals surface area contributed by atoms with Crippen molar-refractivity contribution in [1.29, 1.82) is 0 Å². The van der Waals surface area contributed by atoms with Gasteiger partial charge in [-0.1, -0.05) is 30.4 Å². The Labute approximate surface area is 162 Å². The van der Waals surface area contributed by atoms with Crippen LogP contribution in [0.3, 0.4) is 0 Å². The molecule has 1 rings (SSSR count). The first kappa shape index (κ1) is 22.5. The molecule has 0 aromatic heterocycles. The number of ether oxygens (including phenoxy) is 1. The van der Waals surface area contributed by atoms with Crippen molar-refractivity contribution in [1.82, 2.24) is 21.3 Å². The van der Waals surface area contributed by atoms with E-state index in [1.54, 1.807) is 12.2 Å². The minimum Gasteiger partial charge on any atom is -0.368 e. The highest BCUT2D eigenvalue weighted by atomic mass is 16.6. The Hall–Kier alpha value is -2.54. The summed E-state index contributed by atoms with van der Waals surface area (Å²) in [5, 5.41) is 10.8. The lowest BCUT2D eigenvalue weighted by Crippen LogP contribution is -2.37. The molecule has 4 amide bonds. The molecule has 1 aliphatic heterocycles. The molecule has 4 N–H and O–H groups in total. The van der Waals surface area contributed by atoms with Crippen LogP contribution in [0.1, 0.15) is 19.3 Å². The third kappa shape index (κ3) is 10.9. The van der Waals surface area contributed by atoms with E-state index < -0.39 is 0 Å². The fraction of sp³-hybridized carbons (Fsp3) is 0.500. The molecule has 0 aromatic carbocycles. The molecule has 0 radical (unpaired) electrons. The lowest BCUT2D eigenvalue weighted by molar-refractivity contribution is 0.240. The van der Waals surface area contributed by atoms with Crippen LogP contribution < -0.4 is 21.3 Å². The number of rotatable bonds is 14. The fourth-order valence-electron chi connectivity index (χ4n) is 2.48. The molecule has 0 aromatic rings. The minimum absolute atomic E-state index is 0.0961. The van der Waals surface area contributed by atoms with Crippen LogP contribution >= 0.6 is 0 Å². The Morgan fingerprint density at radius 1 is 0.889 bits per heavy atom. The van der Waals surface area contributed by atoms with Crippen LogP contribution in [0, 0.1) is 5.92 Å². The maximum absolute atomic E-state index is 11.4. The van der Waals surface area contributed by atoms with Crippen molar-refractivity contribution in [3.8, 4) is 0 Å². The Balaban J connectivity index is 2.09. The predicted molar refractivity (Wildman–Crippen MR) is 109 cm³/mol. The Morgan fingerprint density at radius 3 is 2.15 bits per heavy atom. The van der Waals surface area contributed by atoms with Crippen LogP contribution in [0.25, 0.3) is 0 Å². The second kappa shape index (κ2) is 13.6. The maximum Gasteiger partial charge on any atom is 0.315 e. The van der Waals surface area contributed by atoms with E-state index in [0.29, 0.717) is 32.1 Å². The molecule has 3 unspecified atom stereocenters. The molecule has 0 saturated carbocycles. The number of amides is 4. The fourth-order valence-corrected chi connectivity index (χ4v) is 2.48. The number of nitrogens with one attached hydrogen (secondary N) is 4. The van der Waals surface area contributed by atoms with Gasteiger partial charge in [0.1, 0.15) is 6.10 Å². The molecule has 7 heteroatoms. The molecule has 27 heavy (non-hydrogen) atoms. The number of epoxide rings is 1. The summed E-state index contributed by atoms with van der Waals surface area (Å²) < 4.78 is 5.59. The van der Waals surface area contributed by atoms with Gasteiger partial charge in [0.2, 0.25) is 0 Å². The van der Waals surface area contributed by atoms with Gasteiger partial charge in [-0.2, -0.15) is 0 Å². The lowest BCUT2D eigenvalue weighted by Gasteiger charge is -2.09. The average molecular weight is 377 g/mol. The molecule has 150 valence electrons. The SMILES string of the molecule is C=CCNC(=O)NC/C=C/CC(C=C)CCC1OC1CNC(=O)NCC=C. The van der Waals surface area contributed by atoms with Crippen LogP contribution in [-0.4, -0.2) is 50.4 Å². The zero-order valence-electron chi connectivity index (χ0n) is 15.9.